The number of halogens is 3. The van der Waals surface area contributed by atoms with Crippen LogP contribution < -0.4 is 0 Å². The summed E-state index contributed by atoms with van der Waals surface area (Å²) in [6.07, 6.45) is 6.72. The zero-order valence-electron chi connectivity index (χ0n) is 11.3. The Labute approximate surface area is 121 Å². The highest BCUT2D eigenvalue weighted by Crippen LogP contribution is 2.38. The Morgan fingerprint density at radius 2 is 1.67 bits per heavy atom. The van der Waals surface area contributed by atoms with Gasteiger partial charge in [0, 0.05) is 12.8 Å². The molecule has 0 radical (unpaired) electrons. The molecular formula is C13H17F3O4S. The maximum atomic E-state index is 12.2. The van der Waals surface area contributed by atoms with Crippen LogP contribution in [0.5, 0.6) is 0 Å². The van der Waals surface area contributed by atoms with E-state index in [1.807, 2.05) is 0 Å². The second kappa shape index (κ2) is 5.90. The molecule has 8 heteroatoms. The number of aliphatic hydroxyl groups excluding tert-OH is 1. The molecule has 21 heavy (non-hydrogen) atoms. The molecule has 2 aliphatic rings. The van der Waals surface area contributed by atoms with Gasteiger partial charge in [0.05, 0.1) is 5.76 Å². The quantitative estimate of drug-likeness (QED) is 0.633. The van der Waals surface area contributed by atoms with Gasteiger partial charge in [-0.1, -0.05) is 0 Å². The van der Waals surface area contributed by atoms with Crippen LogP contribution >= 0.6 is 0 Å². The molecule has 0 aromatic rings. The molecule has 0 fully saturated rings. The molecule has 0 aromatic carbocycles. The van der Waals surface area contributed by atoms with Crippen molar-refractivity contribution in [2.45, 2.75) is 44.0 Å². The van der Waals surface area contributed by atoms with E-state index in [0.717, 1.165) is 12.8 Å². The summed E-state index contributed by atoms with van der Waals surface area (Å²) in [7, 11) is -5.56. The number of hydrogen-bond donors (Lipinski definition) is 1. The Morgan fingerprint density at radius 1 is 1.10 bits per heavy atom. The highest BCUT2D eigenvalue weighted by atomic mass is 32.2. The summed E-state index contributed by atoms with van der Waals surface area (Å²) in [6.45, 7) is 0. The van der Waals surface area contributed by atoms with Crippen molar-refractivity contribution >= 4 is 10.1 Å². The number of alkyl halides is 3. The highest BCUT2D eigenvalue weighted by molar-refractivity contribution is 7.87. The van der Waals surface area contributed by atoms with Crippen LogP contribution in [-0.2, 0) is 14.3 Å². The first-order chi connectivity index (χ1) is 9.69. The fraction of sp³-hybridized carbons (Fsp3) is 0.692. The number of allylic oxidation sites excluding steroid dienone is 4. The van der Waals surface area contributed by atoms with Gasteiger partial charge in [0.15, 0.2) is 0 Å². The fourth-order valence-corrected chi connectivity index (χ4v) is 3.32. The SMILES string of the molecule is O=S(=O)(OC1=CCC(C2CC=C(O)CC2)CC1)C(F)(F)F. The first kappa shape index (κ1) is 16.2. The van der Waals surface area contributed by atoms with E-state index in [9.17, 15) is 26.7 Å². The molecule has 0 bridgehead atoms. The summed E-state index contributed by atoms with van der Waals surface area (Å²) in [5.41, 5.74) is -5.39. The van der Waals surface area contributed by atoms with E-state index in [4.69, 9.17) is 0 Å². The van der Waals surface area contributed by atoms with Gasteiger partial charge < -0.3 is 9.29 Å². The van der Waals surface area contributed by atoms with Gasteiger partial charge in [-0.3, -0.25) is 0 Å². The topological polar surface area (TPSA) is 63.6 Å². The second-order valence-corrected chi connectivity index (χ2v) is 6.96. The maximum absolute atomic E-state index is 12.2. The largest absolute Gasteiger partial charge is 0.534 e. The van der Waals surface area contributed by atoms with Crippen molar-refractivity contribution in [2.75, 3.05) is 0 Å². The molecule has 2 unspecified atom stereocenters. The van der Waals surface area contributed by atoms with Gasteiger partial charge in [0.1, 0.15) is 5.76 Å². The van der Waals surface area contributed by atoms with Crippen molar-refractivity contribution in [3.05, 3.63) is 23.7 Å². The van der Waals surface area contributed by atoms with Crippen LogP contribution in [0.15, 0.2) is 23.7 Å². The minimum atomic E-state index is -5.56. The minimum Gasteiger partial charge on any atom is -0.513 e. The Bertz CT molecular complexity index is 548. The van der Waals surface area contributed by atoms with Crippen LogP contribution in [-0.4, -0.2) is 19.0 Å². The summed E-state index contributed by atoms with van der Waals surface area (Å²) in [6, 6.07) is 0. The molecule has 0 amide bonds. The van der Waals surface area contributed by atoms with Crippen LogP contribution in [0.1, 0.15) is 38.5 Å². The maximum Gasteiger partial charge on any atom is 0.534 e. The summed E-state index contributed by atoms with van der Waals surface area (Å²) in [5.74, 6) is 0.920. The molecule has 0 heterocycles. The van der Waals surface area contributed by atoms with Crippen LogP contribution in [0, 0.1) is 11.8 Å². The Balaban J connectivity index is 1.94. The van der Waals surface area contributed by atoms with Gasteiger partial charge in [-0.2, -0.15) is 21.6 Å². The van der Waals surface area contributed by atoms with Gasteiger partial charge in [0.2, 0.25) is 0 Å². The summed E-state index contributed by atoms with van der Waals surface area (Å²) >= 11 is 0. The third kappa shape index (κ3) is 3.93. The van der Waals surface area contributed by atoms with Gasteiger partial charge >= 0.3 is 15.6 Å². The van der Waals surface area contributed by atoms with Crippen molar-refractivity contribution in [3.8, 4) is 0 Å². The van der Waals surface area contributed by atoms with E-state index in [2.05, 4.69) is 4.18 Å². The van der Waals surface area contributed by atoms with Crippen molar-refractivity contribution in [1.29, 1.82) is 0 Å². The summed E-state index contributed by atoms with van der Waals surface area (Å²) in [4.78, 5) is 0. The molecule has 0 spiro atoms. The lowest BCUT2D eigenvalue weighted by atomic mass is 9.76. The molecule has 120 valence electrons. The summed E-state index contributed by atoms with van der Waals surface area (Å²) in [5, 5.41) is 9.33. The Morgan fingerprint density at radius 3 is 2.10 bits per heavy atom. The molecule has 0 saturated heterocycles. The van der Waals surface area contributed by atoms with Crippen molar-refractivity contribution in [1.82, 2.24) is 0 Å². The standard InChI is InChI=1S/C13H17F3O4S/c14-13(15,16)21(18,19)20-12-7-3-10(4-8-12)9-1-5-11(17)6-2-9/h5,7,9-10,17H,1-4,6,8H2. The first-order valence-corrected chi connectivity index (χ1v) is 8.17. The second-order valence-electron chi connectivity index (χ2n) is 5.42. The lowest BCUT2D eigenvalue weighted by Gasteiger charge is -2.30. The molecule has 4 nitrogen and oxygen atoms in total. The number of rotatable bonds is 3. The van der Waals surface area contributed by atoms with Gasteiger partial charge in [-0.25, -0.2) is 0 Å². The Kier molecular flexibility index (Phi) is 4.55. The molecule has 2 rings (SSSR count). The molecular weight excluding hydrogens is 309 g/mol. The van der Waals surface area contributed by atoms with Crippen LogP contribution in [0.25, 0.3) is 0 Å². The third-order valence-electron chi connectivity index (χ3n) is 4.00. The predicted molar refractivity (Wildman–Crippen MR) is 69.5 cm³/mol. The monoisotopic (exact) mass is 326 g/mol. The van der Waals surface area contributed by atoms with Gasteiger partial charge in [-0.05, 0) is 49.7 Å². The van der Waals surface area contributed by atoms with E-state index in [1.165, 1.54) is 6.08 Å². The van der Waals surface area contributed by atoms with Crippen molar-refractivity contribution in [2.24, 2.45) is 11.8 Å². The third-order valence-corrected chi connectivity index (χ3v) is 5.00. The number of aliphatic hydroxyl groups is 1. The van der Waals surface area contributed by atoms with Crippen molar-refractivity contribution < 1.29 is 30.9 Å². The zero-order valence-corrected chi connectivity index (χ0v) is 12.1. The normalized spacial score (nSPS) is 27.8. The van der Waals surface area contributed by atoms with Crippen LogP contribution in [0.2, 0.25) is 0 Å². The molecule has 2 aliphatic carbocycles. The van der Waals surface area contributed by atoms with Crippen LogP contribution in [0.4, 0.5) is 13.2 Å². The smallest absolute Gasteiger partial charge is 0.513 e. The van der Waals surface area contributed by atoms with Crippen molar-refractivity contribution in [3.63, 3.8) is 0 Å². The molecule has 0 aliphatic heterocycles. The van der Waals surface area contributed by atoms with Gasteiger partial charge in [0.25, 0.3) is 0 Å². The van der Waals surface area contributed by atoms with E-state index >= 15 is 0 Å². The minimum absolute atomic E-state index is 0.127. The average molecular weight is 326 g/mol. The molecule has 0 aromatic heterocycles. The Hall–Kier alpha value is -1.18. The van der Waals surface area contributed by atoms with Crippen LogP contribution in [0.3, 0.4) is 0 Å². The fourth-order valence-electron chi connectivity index (χ4n) is 2.79. The lowest BCUT2D eigenvalue weighted by molar-refractivity contribution is -0.0524. The number of hydrogen-bond acceptors (Lipinski definition) is 4. The zero-order chi connectivity index (χ0) is 15.7. The highest BCUT2D eigenvalue weighted by Gasteiger charge is 2.49. The van der Waals surface area contributed by atoms with E-state index < -0.39 is 15.6 Å². The molecule has 0 saturated carbocycles. The molecule has 2 atom stereocenters. The van der Waals surface area contributed by atoms with E-state index in [0.29, 0.717) is 30.9 Å². The molecule has 1 N–H and O–H groups in total. The first-order valence-electron chi connectivity index (χ1n) is 6.77. The average Bonchev–Trinajstić information content (AvgIpc) is 2.39. The summed E-state index contributed by atoms with van der Waals surface area (Å²) < 4.78 is 62.7. The lowest BCUT2D eigenvalue weighted by Crippen LogP contribution is -2.26. The van der Waals surface area contributed by atoms with E-state index in [1.54, 1.807) is 6.08 Å². The predicted octanol–water partition coefficient (Wildman–Crippen LogP) is 3.78. The van der Waals surface area contributed by atoms with E-state index in [-0.39, 0.29) is 18.1 Å². The van der Waals surface area contributed by atoms with Gasteiger partial charge in [-0.15, -0.1) is 0 Å².